The number of alkyl halides is 3. The number of halogens is 3. The smallest absolute Gasteiger partial charge is 0.406 e. The number of nitrogens with zero attached hydrogens (tertiary/aromatic N) is 2. The molecule has 2 fully saturated rings. The third-order valence-corrected chi connectivity index (χ3v) is 5.93. The second-order valence-corrected chi connectivity index (χ2v) is 8.24. The van der Waals surface area contributed by atoms with E-state index in [1.807, 2.05) is 35.2 Å². The summed E-state index contributed by atoms with van der Waals surface area (Å²) in [5, 5.41) is 2.81. The summed E-state index contributed by atoms with van der Waals surface area (Å²) in [6.45, 7) is 2.50. The monoisotopic (exact) mass is 447 g/mol. The molecular weight excluding hydrogens is 423 g/mol. The number of piperidine rings is 1. The van der Waals surface area contributed by atoms with Gasteiger partial charge in [0, 0.05) is 39.1 Å². The molecule has 0 unspecified atom stereocenters. The number of hydrogen-bond acceptors (Lipinski definition) is 3. The minimum absolute atomic E-state index is 0.110. The maximum absolute atomic E-state index is 12.6. The molecule has 2 aliphatic rings. The number of ether oxygens (including phenoxy) is 1. The molecular formula is C23H24F3N3O3. The summed E-state index contributed by atoms with van der Waals surface area (Å²) in [6, 6.07) is 15.0. The van der Waals surface area contributed by atoms with Crippen LogP contribution in [0.2, 0.25) is 0 Å². The van der Waals surface area contributed by atoms with Crippen LogP contribution in [0.1, 0.15) is 17.5 Å². The van der Waals surface area contributed by atoms with Crippen molar-refractivity contribution in [2.45, 2.75) is 25.9 Å². The molecule has 0 aliphatic carbocycles. The molecule has 9 heteroatoms. The van der Waals surface area contributed by atoms with Crippen LogP contribution in [-0.4, -0.2) is 47.7 Å². The van der Waals surface area contributed by atoms with Gasteiger partial charge in [-0.1, -0.05) is 42.5 Å². The van der Waals surface area contributed by atoms with Crippen LogP contribution < -0.4 is 10.1 Å². The first-order valence-corrected chi connectivity index (χ1v) is 10.5. The van der Waals surface area contributed by atoms with Crippen LogP contribution in [0.15, 0.2) is 54.6 Å². The Hall–Kier alpha value is -3.23. The molecule has 6 nitrogen and oxygen atoms in total. The molecule has 170 valence electrons. The van der Waals surface area contributed by atoms with Crippen LogP contribution in [0.3, 0.4) is 0 Å². The zero-order valence-electron chi connectivity index (χ0n) is 17.3. The second-order valence-electron chi connectivity index (χ2n) is 8.24. The third-order valence-electron chi connectivity index (χ3n) is 5.93. The van der Waals surface area contributed by atoms with Gasteiger partial charge in [0.2, 0.25) is 5.91 Å². The van der Waals surface area contributed by atoms with Gasteiger partial charge in [0.1, 0.15) is 5.75 Å². The number of benzene rings is 2. The highest BCUT2D eigenvalue weighted by Gasteiger charge is 2.41. The van der Waals surface area contributed by atoms with Gasteiger partial charge in [0.25, 0.3) is 0 Å². The molecule has 0 bridgehead atoms. The molecule has 2 heterocycles. The van der Waals surface area contributed by atoms with Crippen LogP contribution in [0.25, 0.3) is 0 Å². The Bertz CT molecular complexity index is 950. The molecule has 0 aromatic heterocycles. The molecule has 0 radical (unpaired) electrons. The van der Waals surface area contributed by atoms with Gasteiger partial charge in [-0.2, -0.15) is 0 Å². The Labute approximate surface area is 183 Å². The molecule has 0 spiro atoms. The quantitative estimate of drug-likeness (QED) is 0.759. The predicted molar refractivity (Wildman–Crippen MR) is 110 cm³/mol. The highest BCUT2D eigenvalue weighted by atomic mass is 19.4. The zero-order chi connectivity index (χ0) is 22.7. The molecule has 4 rings (SSSR count). The number of hydrogen-bond donors (Lipinski definition) is 1. The number of likely N-dealkylation sites (tertiary alicyclic amines) is 2. The Kier molecular flexibility index (Phi) is 6.25. The van der Waals surface area contributed by atoms with Crippen LogP contribution in [0.4, 0.5) is 18.0 Å². The first-order chi connectivity index (χ1) is 15.3. The van der Waals surface area contributed by atoms with Gasteiger partial charge in [0.15, 0.2) is 0 Å². The fourth-order valence-corrected chi connectivity index (χ4v) is 4.34. The molecule has 2 aliphatic heterocycles. The lowest BCUT2D eigenvalue weighted by molar-refractivity contribution is -0.274. The number of carbonyl (C=O) groups is 2. The van der Waals surface area contributed by atoms with Gasteiger partial charge in [0.05, 0.1) is 0 Å². The standard InChI is InChI=1S/C23H24F3N3O3/c24-23(25,26)32-20-8-6-16(7-9-20)11-27-22(31)29-13-18-10-21(30)28(14-19(18)15-29)12-17-4-2-1-3-5-17/h1-9,18-19H,10-15H2,(H,27,31)/t18-,19+/m0/s1. The summed E-state index contributed by atoms with van der Waals surface area (Å²) in [6.07, 6.45) is -4.30. The van der Waals surface area contributed by atoms with Gasteiger partial charge in [-0.05, 0) is 35.1 Å². The Balaban J connectivity index is 1.27. The zero-order valence-corrected chi connectivity index (χ0v) is 17.3. The number of carbonyl (C=O) groups excluding carboxylic acids is 2. The summed E-state index contributed by atoms with van der Waals surface area (Å²) in [4.78, 5) is 28.8. The molecule has 1 N–H and O–H groups in total. The van der Waals surface area contributed by atoms with E-state index in [9.17, 15) is 22.8 Å². The maximum atomic E-state index is 12.6. The van der Waals surface area contributed by atoms with Crippen LogP contribution >= 0.6 is 0 Å². The van der Waals surface area contributed by atoms with Crippen molar-refractivity contribution in [3.8, 4) is 5.75 Å². The van der Waals surface area contributed by atoms with Crippen molar-refractivity contribution >= 4 is 11.9 Å². The van der Waals surface area contributed by atoms with E-state index in [1.165, 1.54) is 24.3 Å². The van der Waals surface area contributed by atoms with Crippen molar-refractivity contribution in [1.29, 1.82) is 0 Å². The van der Waals surface area contributed by atoms with E-state index in [0.29, 0.717) is 38.2 Å². The minimum atomic E-state index is -4.74. The average molecular weight is 447 g/mol. The van der Waals surface area contributed by atoms with Gasteiger partial charge < -0.3 is 19.9 Å². The summed E-state index contributed by atoms with van der Waals surface area (Å²) in [5.41, 5.74) is 1.74. The van der Waals surface area contributed by atoms with E-state index >= 15 is 0 Å². The Morgan fingerprint density at radius 1 is 0.969 bits per heavy atom. The minimum Gasteiger partial charge on any atom is -0.406 e. The van der Waals surface area contributed by atoms with Crippen molar-refractivity contribution in [2.75, 3.05) is 19.6 Å². The highest BCUT2D eigenvalue weighted by Crippen LogP contribution is 2.32. The highest BCUT2D eigenvalue weighted by molar-refractivity contribution is 5.78. The lowest BCUT2D eigenvalue weighted by Crippen LogP contribution is -2.43. The largest absolute Gasteiger partial charge is 0.573 e. The number of rotatable bonds is 5. The van der Waals surface area contributed by atoms with Crippen LogP contribution in [0.5, 0.6) is 5.75 Å². The molecule has 0 saturated carbocycles. The molecule has 2 saturated heterocycles. The normalized spacial score (nSPS) is 20.8. The van der Waals surface area contributed by atoms with Crippen molar-refractivity contribution in [2.24, 2.45) is 11.8 Å². The molecule has 2 aromatic rings. The van der Waals surface area contributed by atoms with Crippen molar-refractivity contribution in [3.63, 3.8) is 0 Å². The SMILES string of the molecule is O=C1C[C@H]2CN(C(=O)NCc3ccc(OC(F)(F)F)cc3)C[C@H]2CN1Cc1ccccc1. The van der Waals surface area contributed by atoms with Crippen molar-refractivity contribution < 1.29 is 27.5 Å². The van der Waals surface area contributed by atoms with E-state index in [2.05, 4.69) is 10.1 Å². The van der Waals surface area contributed by atoms with Gasteiger partial charge in [-0.3, -0.25) is 4.79 Å². The molecule has 32 heavy (non-hydrogen) atoms. The first-order valence-electron chi connectivity index (χ1n) is 10.5. The van der Waals surface area contributed by atoms with E-state index in [1.54, 1.807) is 4.90 Å². The Morgan fingerprint density at radius 3 is 2.34 bits per heavy atom. The van der Waals surface area contributed by atoms with Gasteiger partial charge in [-0.25, -0.2) is 4.79 Å². The summed E-state index contributed by atoms with van der Waals surface area (Å²) < 4.78 is 40.6. The third kappa shape index (κ3) is 5.52. The summed E-state index contributed by atoms with van der Waals surface area (Å²) >= 11 is 0. The number of amides is 3. The van der Waals surface area contributed by atoms with E-state index in [4.69, 9.17) is 0 Å². The Morgan fingerprint density at radius 2 is 1.66 bits per heavy atom. The summed E-state index contributed by atoms with van der Waals surface area (Å²) in [7, 11) is 0. The fourth-order valence-electron chi connectivity index (χ4n) is 4.34. The topological polar surface area (TPSA) is 61.9 Å². The average Bonchev–Trinajstić information content (AvgIpc) is 3.16. The predicted octanol–water partition coefficient (Wildman–Crippen LogP) is 3.78. The van der Waals surface area contributed by atoms with E-state index in [0.717, 1.165) is 5.56 Å². The van der Waals surface area contributed by atoms with Gasteiger partial charge >= 0.3 is 12.4 Å². The lowest BCUT2D eigenvalue weighted by Gasteiger charge is -2.34. The van der Waals surface area contributed by atoms with Crippen molar-refractivity contribution in [1.82, 2.24) is 15.1 Å². The number of fused-ring (bicyclic) bond motifs is 1. The van der Waals surface area contributed by atoms with E-state index < -0.39 is 6.36 Å². The lowest BCUT2D eigenvalue weighted by atomic mass is 9.88. The molecule has 2 atom stereocenters. The maximum Gasteiger partial charge on any atom is 0.573 e. The molecule has 3 amide bonds. The first kappa shape index (κ1) is 22.0. The van der Waals surface area contributed by atoms with Gasteiger partial charge in [-0.15, -0.1) is 13.2 Å². The summed E-state index contributed by atoms with van der Waals surface area (Å²) in [5.74, 6) is 0.194. The van der Waals surface area contributed by atoms with Crippen LogP contribution in [-0.2, 0) is 17.9 Å². The van der Waals surface area contributed by atoms with Crippen LogP contribution in [0, 0.1) is 11.8 Å². The number of nitrogens with one attached hydrogen (secondary N) is 1. The van der Waals surface area contributed by atoms with E-state index in [-0.39, 0.29) is 36.1 Å². The second kappa shape index (κ2) is 9.10. The fraction of sp³-hybridized carbons (Fsp3) is 0.391. The number of urea groups is 1. The van der Waals surface area contributed by atoms with Crippen molar-refractivity contribution in [3.05, 3.63) is 65.7 Å². The molecule has 2 aromatic carbocycles.